The number of fused-ring (bicyclic) bond motifs is 1. The maximum atomic E-state index is 12.9. The SMILES string of the molecule is CCOC(=O)Cn1c(=O)c(-c2ccccc2)cc2ccccc21. The Morgan fingerprint density at radius 1 is 1.04 bits per heavy atom. The molecule has 0 atom stereocenters. The summed E-state index contributed by atoms with van der Waals surface area (Å²) in [7, 11) is 0. The van der Waals surface area contributed by atoms with E-state index in [1.165, 1.54) is 4.57 Å². The molecule has 0 saturated carbocycles. The molecular formula is C19H17NO3. The predicted molar refractivity (Wildman–Crippen MR) is 90.3 cm³/mol. The minimum Gasteiger partial charge on any atom is -0.465 e. The molecule has 0 unspecified atom stereocenters. The van der Waals surface area contributed by atoms with Crippen molar-refractivity contribution in [2.24, 2.45) is 0 Å². The quantitative estimate of drug-likeness (QED) is 0.695. The molecule has 3 rings (SSSR count). The van der Waals surface area contributed by atoms with E-state index < -0.39 is 5.97 Å². The molecule has 0 aliphatic heterocycles. The number of aromatic nitrogens is 1. The van der Waals surface area contributed by atoms with Crippen molar-refractivity contribution < 1.29 is 9.53 Å². The minimum atomic E-state index is -0.412. The number of para-hydroxylation sites is 1. The van der Waals surface area contributed by atoms with Gasteiger partial charge in [0.05, 0.1) is 12.1 Å². The molecule has 0 bridgehead atoms. The van der Waals surface area contributed by atoms with Crippen LogP contribution in [-0.2, 0) is 16.1 Å². The van der Waals surface area contributed by atoms with Crippen LogP contribution in [0.2, 0.25) is 0 Å². The van der Waals surface area contributed by atoms with Gasteiger partial charge < -0.3 is 4.74 Å². The van der Waals surface area contributed by atoms with Gasteiger partial charge in [0.2, 0.25) is 0 Å². The zero-order valence-electron chi connectivity index (χ0n) is 12.9. The third-order valence-electron chi connectivity index (χ3n) is 3.68. The summed E-state index contributed by atoms with van der Waals surface area (Å²) >= 11 is 0. The van der Waals surface area contributed by atoms with E-state index in [0.717, 1.165) is 16.5 Å². The summed E-state index contributed by atoms with van der Waals surface area (Å²) in [4.78, 5) is 24.8. The van der Waals surface area contributed by atoms with Crippen LogP contribution in [0.3, 0.4) is 0 Å². The summed E-state index contributed by atoms with van der Waals surface area (Å²) < 4.78 is 6.48. The largest absolute Gasteiger partial charge is 0.465 e. The Kier molecular flexibility index (Phi) is 4.24. The summed E-state index contributed by atoms with van der Waals surface area (Å²) in [5.74, 6) is -0.412. The number of hydrogen-bond donors (Lipinski definition) is 0. The predicted octanol–water partition coefficient (Wildman–Crippen LogP) is 3.23. The maximum absolute atomic E-state index is 12.9. The minimum absolute atomic E-state index is 0.0894. The average Bonchev–Trinajstić information content (AvgIpc) is 2.58. The van der Waals surface area contributed by atoms with Crippen LogP contribution in [0, 0.1) is 0 Å². The summed E-state index contributed by atoms with van der Waals surface area (Å²) in [5.41, 5.74) is 1.95. The van der Waals surface area contributed by atoms with Gasteiger partial charge in [-0.15, -0.1) is 0 Å². The lowest BCUT2D eigenvalue weighted by atomic mass is 10.0. The van der Waals surface area contributed by atoms with Gasteiger partial charge in [-0.1, -0.05) is 48.5 Å². The number of carbonyl (C=O) groups is 1. The number of carbonyl (C=O) groups excluding carboxylic acids is 1. The van der Waals surface area contributed by atoms with Gasteiger partial charge in [-0.05, 0) is 30.0 Å². The third-order valence-corrected chi connectivity index (χ3v) is 3.68. The van der Waals surface area contributed by atoms with Gasteiger partial charge >= 0.3 is 5.97 Å². The van der Waals surface area contributed by atoms with Crippen LogP contribution in [0.25, 0.3) is 22.0 Å². The van der Waals surface area contributed by atoms with Crippen molar-refractivity contribution in [1.82, 2.24) is 4.57 Å². The maximum Gasteiger partial charge on any atom is 0.326 e. The topological polar surface area (TPSA) is 48.3 Å². The first-order chi connectivity index (χ1) is 11.2. The number of pyridine rings is 1. The van der Waals surface area contributed by atoms with Crippen molar-refractivity contribution in [2.75, 3.05) is 6.61 Å². The van der Waals surface area contributed by atoms with Crippen LogP contribution in [-0.4, -0.2) is 17.1 Å². The Morgan fingerprint density at radius 2 is 1.74 bits per heavy atom. The molecule has 1 aromatic heterocycles. The number of nitrogens with zero attached hydrogens (tertiary/aromatic N) is 1. The lowest BCUT2D eigenvalue weighted by Crippen LogP contribution is -2.26. The van der Waals surface area contributed by atoms with Gasteiger partial charge in [0.1, 0.15) is 6.54 Å². The fraction of sp³-hybridized carbons (Fsp3) is 0.158. The second-order valence-corrected chi connectivity index (χ2v) is 5.18. The van der Waals surface area contributed by atoms with Crippen LogP contribution in [0.4, 0.5) is 0 Å². The smallest absolute Gasteiger partial charge is 0.326 e. The molecule has 0 amide bonds. The van der Waals surface area contributed by atoms with Crippen LogP contribution >= 0.6 is 0 Å². The van der Waals surface area contributed by atoms with E-state index in [-0.39, 0.29) is 12.1 Å². The zero-order chi connectivity index (χ0) is 16.2. The zero-order valence-corrected chi connectivity index (χ0v) is 12.9. The first-order valence-corrected chi connectivity index (χ1v) is 7.54. The lowest BCUT2D eigenvalue weighted by Gasteiger charge is -2.12. The first-order valence-electron chi connectivity index (χ1n) is 7.54. The molecule has 0 fully saturated rings. The highest BCUT2D eigenvalue weighted by Gasteiger charge is 2.13. The van der Waals surface area contributed by atoms with Gasteiger partial charge in [-0.2, -0.15) is 0 Å². The highest BCUT2D eigenvalue weighted by molar-refractivity contribution is 5.85. The second-order valence-electron chi connectivity index (χ2n) is 5.18. The Labute approximate surface area is 133 Å². The van der Waals surface area contributed by atoms with Crippen LogP contribution in [0.1, 0.15) is 6.92 Å². The van der Waals surface area contributed by atoms with Crippen molar-refractivity contribution in [2.45, 2.75) is 13.5 Å². The van der Waals surface area contributed by atoms with Gasteiger partial charge in [0.25, 0.3) is 5.56 Å². The number of benzene rings is 2. The van der Waals surface area contributed by atoms with E-state index in [1.807, 2.05) is 60.7 Å². The highest BCUT2D eigenvalue weighted by atomic mass is 16.5. The average molecular weight is 307 g/mol. The molecule has 23 heavy (non-hydrogen) atoms. The standard InChI is InChI=1S/C19H17NO3/c1-2-23-18(21)13-20-17-11-7-6-10-15(17)12-16(19(20)22)14-8-4-3-5-9-14/h3-12H,2,13H2,1H3. The number of ether oxygens (including phenoxy) is 1. The molecule has 0 aliphatic carbocycles. The Hall–Kier alpha value is -2.88. The molecule has 0 N–H and O–H groups in total. The Balaban J connectivity index is 2.22. The monoisotopic (exact) mass is 307 g/mol. The van der Waals surface area contributed by atoms with Crippen LogP contribution < -0.4 is 5.56 Å². The fourth-order valence-electron chi connectivity index (χ4n) is 2.64. The van der Waals surface area contributed by atoms with E-state index in [9.17, 15) is 9.59 Å². The molecule has 0 radical (unpaired) electrons. The number of esters is 1. The fourth-order valence-corrected chi connectivity index (χ4v) is 2.64. The van der Waals surface area contributed by atoms with Crippen LogP contribution in [0.15, 0.2) is 65.5 Å². The highest BCUT2D eigenvalue weighted by Crippen LogP contribution is 2.21. The Bertz CT molecular complexity index is 897. The van der Waals surface area contributed by atoms with Crippen LogP contribution in [0.5, 0.6) is 0 Å². The van der Waals surface area contributed by atoms with Gasteiger partial charge in [-0.25, -0.2) is 0 Å². The lowest BCUT2D eigenvalue weighted by molar-refractivity contribution is -0.143. The van der Waals surface area contributed by atoms with E-state index in [2.05, 4.69) is 0 Å². The summed E-state index contributed by atoms with van der Waals surface area (Å²) in [5, 5.41) is 0.912. The van der Waals surface area contributed by atoms with Gasteiger partial charge in [0.15, 0.2) is 0 Å². The summed E-state index contributed by atoms with van der Waals surface area (Å²) in [6.07, 6.45) is 0. The second kappa shape index (κ2) is 6.48. The molecular weight excluding hydrogens is 290 g/mol. The molecule has 116 valence electrons. The van der Waals surface area contributed by atoms with Crippen molar-refractivity contribution in [3.8, 4) is 11.1 Å². The van der Waals surface area contributed by atoms with Crippen molar-refractivity contribution in [3.05, 3.63) is 71.0 Å². The van der Waals surface area contributed by atoms with Crippen molar-refractivity contribution >= 4 is 16.9 Å². The molecule has 0 aliphatic rings. The first kappa shape index (κ1) is 15.0. The van der Waals surface area contributed by atoms with Gasteiger partial charge in [0, 0.05) is 5.56 Å². The van der Waals surface area contributed by atoms with E-state index in [0.29, 0.717) is 12.2 Å². The van der Waals surface area contributed by atoms with Crippen molar-refractivity contribution in [3.63, 3.8) is 0 Å². The summed E-state index contributed by atoms with van der Waals surface area (Å²) in [6, 6.07) is 18.9. The molecule has 3 aromatic rings. The van der Waals surface area contributed by atoms with E-state index in [4.69, 9.17) is 4.74 Å². The molecule has 0 saturated heterocycles. The number of hydrogen-bond acceptors (Lipinski definition) is 3. The van der Waals surface area contributed by atoms with E-state index >= 15 is 0 Å². The summed E-state index contributed by atoms with van der Waals surface area (Å²) in [6.45, 7) is 1.96. The van der Waals surface area contributed by atoms with E-state index in [1.54, 1.807) is 6.92 Å². The molecule has 0 spiro atoms. The Morgan fingerprint density at radius 3 is 2.48 bits per heavy atom. The van der Waals surface area contributed by atoms with Gasteiger partial charge in [-0.3, -0.25) is 14.2 Å². The number of rotatable bonds is 4. The third kappa shape index (κ3) is 3.01. The van der Waals surface area contributed by atoms with Crippen molar-refractivity contribution in [1.29, 1.82) is 0 Å². The molecule has 4 nitrogen and oxygen atoms in total. The molecule has 1 heterocycles. The normalized spacial score (nSPS) is 10.7. The molecule has 4 heteroatoms. The molecule has 2 aromatic carbocycles.